The van der Waals surface area contributed by atoms with Crippen LogP contribution in [0.3, 0.4) is 0 Å². The van der Waals surface area contributed by atoms with Gasteiger partial charge in [0.1, 0.15) is 6.10 Å². The van der Waals surface area contributed by atoms with Gasteiger partial charge in [-0.05, 0) is 12.8 Å². The molecule has 0 saturated carbocycles. The monoisotopic (exact) mass is 294 g/mol. The zero-order chi connectivity index (χ0) is 14.4. The second kappa shape index (κ2) is 7.68. The molecule has 1 heterocycles. The lowest BCUT2D eigenvalue weighted by Crippen LogP contribution is -2.57. The Hall–Kier alpha value is -0.0231. The Morgan fingerprint density at radius 1 is 1.21 bits per heavy atom. The van der Waals surface area contributed by atoms with Crippen LogP contribution < -0.4 is 0 Å². The van der Waals surface area contributed by atoms with E-state index in [2.05, 4.69) is 0 Å². The molecular weight excluding hydrogens is 268 g/mol. The zero-order valence-electron chi connectivity index (χ0n) is 12.3. The van der Waals surface area contributed by atoms with Gasteiger partial charge in [-0.3, -0.25) is 0 Å². The fraction of sp³-hybridized carbons (Fsp3) is 1.00. The molecule has 0 radical (unpaired) electrons. The van der Waals surface area contributed by atoms with E-state index in [0.29, 0.717) is 26.1 Å². The SMILES string of the molecule is CCCC(O[Si](O)(OC)OC)C1(CC)OCCCO1. The number of hydrogen-bond donors (Lipinski definition) is 1. The first-order chi connectivity index (χ1) is 9.05. The van der Waals surface area contributed by atoms with E-state index >= 15 is 0 Å². The summed E-state index contributed by atoms with van der Waals surface area (Å²) >= 11 is 0. The van der Waals surface area contributed by atoms with Gasteiger partial charge in [0.2, 0.25) is 0 Å². The summed E-state index contributed by atoms with van der Waals surface area (Å²) in [6, 6.07) is 0. The Kier molecular flexibility index (Phi) is 6.88. The lowest BCUT2D eigenvalue weighted by atomic mass is 10.0. The van der Waals surface area contributed by atoms with Crippen LogP contribution in [0.2, 0.25) is 0 Å². The maximum Gasteiger partial charge on any atom is 0.676 e. The Labute approximate surface area is 116 Å². The van der Waals surface area contributed by atoms with E-state index in [1.165, 1.54) is 14.2 Å². The van der Waals surface area contributed by atoms with Crippen LogP contribution in [-0.4, -0.2) is 53.2 Å². The molecular formula is C12H26O6Si. The predicted molar refractivity (Wildman–Crippen MR) is 71.3 cm³/mol. The second-order valence-electron chi connectivity index (χ2n) is 4.54. The fourth-order valence-corrected chi connectivity index (χ4v) is 3.21. The van der Waals surface area contributed by atoms with Crippen molar-refractivity contribution in [2.75, 3.05) is 27.4 Å². The van der Waals surface area contributed by atoms with E-state index < -0.39 is 20.9 Å². The number of ether oxygens (including phenoxy) is 2. The van der Waals surface area contributed by atoms with E-state index in [9.17, 15) is 4.80 Å². The molecule has 0 amide bonds. The van der Waals surface area contributed by atoms with Gasteiger partial charge in [-0.2, -0.15) is 0 Å². The Bertz CT molecular complexity index is 253. The van der Waals surface area contributed by atoms with Crippen molar-refractivity contribution in [2.24, 2.45) is 0 Å². The summed E-state index contributed by atoms with van der Waals surface area (Å²) in [6.45, 7) is 5.30. The van der Waals surface area contributed by atoms with Gasteiger partial charge in [0.05, 0.1) is 13.2 Å². The largest absolute Gasteiger partial charge is 0.676 e. The van der Waals surface area contributed by atoms with Gasteiger partial charge in [0.25, 0.3) is 0 Å². The highest BCUT2D eigenvalue weighted by Crippen LogP contribution is 2.32. The van der Waals surface area contributed by atoms with Crippen molar-refractivity contribution in [3.63, 3.8) is 0 Å². The van der Waals surface area contributed by atoms with Gasteiger partial charge in [-0.15, -0.1) is 0 Å². The van der Waals surface area contributed by atoms with E-state index in [4.69, 9.17) is 22.8 Å². The van der Waals surface area contributed by atoms with Crippen LogP contribution in [0.15, 0.2) is 0 Å². The zero-order valence-corrected chi connectivity index (χ0v) is 13.3. The highest BCUT2D eigenvalue weighted by molar-refractivity contribution is 6.51. The molecule has 114 valence electrons. The van der Waals surface area contributed by atoms with Crippen molar-refractivity contribution in [2.45, 2.75) is 51.4 Å². The Morgan fingerprint density at radius 2 is 1.79 bits per heavy atom. The third-order valence-corrected chi connectivity index (χ3v) is 4.94. The minimum absolute atomic E-state index is 0.403. The van der Waals surface area contributed by atoms with Crippen LogP contribution in [-0.2, 0) is 22.8 Å². The molecule has 1 aliphatic heterocycles. The van der Waals surface area contributed by atoms with Crippen LogP contribution in [0.5, 0.6) is 0 Å². The summed E-state index contributed by atoms with van der Waals surface area (Å²) in [4.78, 5) is 10.1. The Morgan fingerprint density at radius 3 is 2.21 bits per heavy atom. The molecule has 1 aliphatic rings. The van der Waals surface area contributed by atoms with E-state index in [1.807, 2.05) is 13.8 Å². The lowest BCUT2D eigenvalue weighted by molar-refractivity contribution is -0.312. The number of hydrogen-bond acceptors (Lipinski definition) is 6. The topological polar surface area (TPSA) is 66.4 Å². The third-order valence-electron chi connectivity index (χ3n) is 3.32. The molecule has 0 bridgehead atoms. The first kappa shape index (κ1) is 17.0. The maximum absolute atomic E-state index is 10.1. The van der Waals surface area contributed by atoms with Crippen LogP contribution in [0.1, 0.15) is 39.5 Å². The van der Waals surface area contributed by atoms with E-state index in [0.717, 1.165) is 12.8 Å². The van der Waals surface area contributed by atoms with Gasteiger partial charge >= 0.3 is 9.05 Å². The quantitative estimate of drug-likeness (QED) is 0.683. The molecule has 0 spiro atoms. The van der Waals surface area contributed by atoms with Gasteiger partial charge in [0.15, 0.2) is 5.79 Å². The normalized spacial score (nSPS) is 21.3. The highest BCUT2D eigenvalue weighted by atomic mass is 28.4. The summed E-state index contributed by atoms with van der Waals surface area (Å²) in [5.74, 6) is -0.813. The first-order valence-corrected chi connectivity index (χ1v) is 8.51. The highest BCUT2D eigenvalue weighted by Gasteiger charge is 2.50. The molecule has 0 aromatic heterocycles. The third kappa shape index (κ3) is 4.22. The summed E-state index contributed by atoms with van der Waals surface area (Å²) < 4.78 is 27.3. The Balaban J connectivity index is 2.84. The van der Waals surface area contributed by atoms with Crippen molar-refractivity contribution in [3.8, 4) is 0 Å². The summed E-state index contributed by atoms with van der Waals surface area (Å²) in [5, 5.41) is 0. The summed E-state index contributed by atoms with van der Waals surface area (Å²) in [5.41, 5.74) is 0. The van der Waals surface area contributed by atoms with Crippen LogP contribution in [0, 0.1) is 0 Å². The van der Waals surface area contributed by atoms with Gasteiger partial charge in [0, 0.05) is 20.6 Å². The summed E-state index contributed by atoms with van der Waals surface area (Å²) in [6.07, 6.45) is 2.71. The molecule has 1 fully saturated rings. The minimum atomic E-state index is -3.60. The van der Waals surface area contributed by atoms with Gasteiger partial charge in [-0.25, -0.2) is 0 Å². The van der Waals surface area contributed by atoms with Crippen molar-refractivity contribution in [1.82, 2.24) is 0 Å². The fourth-order valence-electron chi connectivity index (χ4n) is 2.20. The molecule has 7 heteroatoms. The standard InChI is InChI=1S/C12H26O6Si/c1-5-8-11(18-19(13,14-3)15-4)12(6-2)16-9-7-10-17-12/h11,13H,5-10H2,1-4H3. The molecule has 0 aromatic rings. The van der Waals surface area contributed by atoms with Crippen molar-refractivity contribution < 1.29 is 27.5 Å². The van der Waals surface area contributed by atoms with E-state index in [-0.39, 0.29) is 0 Å². The van der Waals surface area contributed by atoms with Crippen LogP contribution in [0.25, 0.3) is 0 Å². The summed E-state index contributed by atoms with van der Waals surface area (Å²) in [7, 11) is -0.855. The van der Waals surface area contributed by atoms with Crippen molar-refractivity contribution in [3.05, 3.63) is 0 Å². The van der Waals surface area contributed by atoms with Crippen LogP contribution in [0.4, 0.5) is 0 Å². The maximum atomic E-state index is 10.1. The smallest absolute Gasteiger partial charge is 0.367 e. The molecule has 1 atom stereocenters. The number of rotatable bonds is 8. The molecule has 19 heavy (non-hydrogen) atoms. The van der Waals surface area contributed by atoms with Crippen LogP contribution >= 0.6 is 0 Å². The van der Waals surface area contributed by atoms with Crippen molar-refractivity contribution >= 4 is 9.05 Å². The molecule has 1 N–H and O–H groups in total. The van der Waals surface area contributed by atoms with Crippen molar-refractivity contribution in [1.29, 1.82) is 0 Å². The molecule has 0 aromatic carbocycles. The van der Waals surface area contributed by atoms with Gasteiger partial charge < -0.3 is 27.5 Å². The predicted octanol–water partition coefficient (Wildman–Crippen LogP) is 1.44. The minimum Gasteiger partial charge on any atom is -0.367 e. The average Bonchev–Trinajstić information content (AvgIpc) is 2.47. The molecule has 1 saturated heterocycles. The van der Waals surface area contributed by atoms with E-state index in [1.54, 1.807) is 0 Å². The lowest BCUT2D eigenvalue weighted by Gasteiger charge is -2.43. The second-order valence-corrected chi connectivity index (χ2v) is 6.64. The average molecular weight is 294 g/mol. The van der Waals surface area contributed by atoms with Gasteiger partial charge in [-0.1, -0.05) is 20.3 Å². The first-order valence-electron chi connectivity index (χ1n) is 6.84. The molecule has 0 aliphatic carbocycles. The molecule has 6 nitrogen and oxygen atoms in total. The molecule has 1 rings (SSSR count). The molecule has 1 unspecified atom stereocenters.